The first-order chi connectivity index (χ1) is 19.1. The number of methoxy groups -OCH3 is 1. The van der Waals surface area contributed by atoms with E-state index in [9.17, 15) is 9.90 Å². The van der Waals surface area contributed by atoms with Crippen LogP contribution in [0.5, 0.6) is 0 Å². The summed E-state index contributed by atoms with van der Waals surface area (Å²) in [6, 6.07) is 20.2. The molecule has 1 aliphatic rings. The van der Waals surface area contributed by atoms with Crippen molar-refractivity contribution < 1.29 is 28.8 Å². The Balaban J connectivity index is 1.73. The summed E-state index contributed by atoms with van der Waals surface area (Å²) < 4.78 is 23.1. The summed E-state index contributed by atoms with van der Waals surface area (Å²) >= 11 is 3.44. The van der Waals surface area contributed by atoms with Crippen LogP contribution < -0.4 is 0 Å². The zero-order valence-corrected chi connectivity index (χ0v) is 26.4. The van der Waals surface area contributed by atoms with E-state index in [1.54, 1.807) is 6.92 Å². The Morgan fingerprint density at radius 2 is 1.60 bits per heavy atom. The fraction of sp³-hybridized carbons (Fsp3) is 0.606. The molecule has 2 aromatic carbocycles. The average molecular weight is 620 g/mol. The van der Waals surface area contributed by atoms with Crippen LogP contribution >= 0.6 is 15.9 Å². The molecule has 0 aliphatic carbocycles. The lowest BCUT2D eigenvalue weighted by Crippen LogP contribution is -2.53. The molecular formula is C33H47BrO6. The summed E-state index contributed by atoms with van der Waals surface area (Å²) in [5.74, 6) is -0.378. The van der Waals surface area contributed by atoms with Gasteiger partial charge in [0, 0.05) is 17.8 Å². The van der Waals surface area contributed by atoms with E-state index >= 15 is 0 Å². The number of esters is 1. The lowest BCUT2D eigenvalue weighted by atomic mass is 9.76. The molecular weight excluding hydrogens is 572 g/mol. The van der Waals surface area contributed by atoms with Gasteiger partial charge < -0.3 is 24.1 Å². The zero-order valence-electron chi connectivity index (χ0n) is 24.8. The lowest BCUT2D eigenvalue weighted by molar-refractivity contribution is -0.171. The first-order valence-electron chi connectivity index (χ1n) is 14.4. The van der Waals surface area contributed by atoms with Gasteiger partial charge in [-0.15, -0.1) is 0 Å². The number of halogens is 1. The van der Waals surface area contributed by atoms with Crippen LogP contribution in [-0.4, -0.2) is 53.5 Å². The second-order valence-corrected chi connectivity index (χ2v) is 13.3. The molecule has 0 radical (unpaired) electrons. The third-order valence-electron chi connectivity index (χ3n) is 8.40. The molecule has 1 heterocycles. The molecule has 1 fully saturated rings. The summed E-state index contributed by atoms with van der Waals surface area (Å²) in [5, 5.41) is 11.4. The molecule has 0 amide bonds. The van der Waals surface area contributed by atoms with E-state index in [0.717, 1.165) is 24.0 Å². The van der Waals surface area contributed by atoms with Gasteiger partial charge in [0.25, 0.3) is 0 Å². The smallest absolute Gasteiger partial charge is 0.325 e. The van der Waals surface area contributed by atoms with Crippen LogP contribution in [0.4, 0.5) is 0 Å². The minimum atomic E-state index is -1.26. The van der Waals surface area contributed by atoms with E-state index < -0.39 is 16.4 Å². The number of aliphatic hydroxyl groups is 1. The fourth-order valence-electron chi connectivity index (χ4n) is 5.83. The van der Waals surface area contributed by atoms with Gasteiger partial charge in [0.05, 0.1) is 51.3 Å². The highest BCUT2D eigenvalue weighted by molar-refractivity contribution is 9.10. The molecule has 1 aliphatic heterocycles. The first kappa shape index (κ1) is 32.7. The number of alkyl halides is 1. The minimum Gasteiger partial charge on any atom is -0.468 e. The number of rotatable bonds is 14. The van der Waals surface area contributed by atoms with Crippen molar-refractivity contribution in [2.45, 2.75) is 89.4 Å². The molecule has 1 unspecified atom stereocenters. The van der Waals surface area contributed by atoms with Gasteiger partial charge in [-0.3, -0.25) is 4.79 Å². The normalized spacial score (nSPS) is 24.8. The van der Waals surface area contributed by atoms with Crippen molar-refractivity contribution >= 4 is 21.9 Å². The van der Waals surface area contributed by atoms with E-state index in [1.807, 2.05) is 55.5 Å². The molecule has 7 heteroatoms. The number of hydrogen-bond acceptors (Lipinski definition) is 6. The van der Waals surface area contributed by atoms with Crippen molar-refractivity contribution in [3.05, 3.63) is 71.8 Å². The van der Waals surface area contributed by atoms with Crippen molar-refractivity contribution in [1.29, 1.82) is 0 Å². The Bertz CT molecular complexity index is 1020. The van der Waals surface area contributed by atoms with Gasteiger partial charge in [-0.05, 0) is 36.8 Å². The second kappa shape index (κ2) is 15.5. The number of hydrogen-bond donors (Lipinski definition) is 1. The largest absolute Gasteiger partial charge is 0.468 e. The Hall–Kier alpha value is -1.77. The number of benzene rings is 2. The van der Waals surface area contributed by atoms with Crippen LogP contribution in [0.1, 0.15) is 58.6 Å². The van der Waals surface area contributed by atoms with Crippen molar-refractivity contribution in [2.24, 2.45) is 23.7 Å². The van der Waals surface area contributed by atoms with E-state index in [-0.39, 0.29) is 36.1 Å². The molecule has 0 saturated carbocycles. The molecule has 6 nitrogen and oxygen atoms in total. The van der Waals surface area contributed by atoms with E-state index in [4.69, 9.17) is 18.9 Å². The molecule has 9 atom stereocenters. The molecule has 40 heavy (non-hydrogen) atoms. The van der Waals surface area contributed by atoms with Gasteiger partial charge >= 0.3 is 5.97 Å². The first-order valence-corrected chi connectivity index (χ1v) is 15.2. The monoisotopic (exact) mass is 618 g/mol. The molecule has 222 valence electrons. The van der Waals surface area contributed by atoms with Crippen LogP contribution in [-0.2, 0) is 37.0 Å². The minimum absolute atomic E-state index is 0.0375. The van der Waals surface area contributed by atoms with Crippen LogP contribution in [0.2, 0.25) is 0 Å². The van der Waals surface area contributed by atoms with E-state index in [1.165, 1.54) is 7.11 Å². The Kier molecular flexibility index (Phi) is 12.7. The van der Waals surface area contributed by atoms with Gasteiger partial charge in [0.2, 0.25) is 0 Å². The molecule has 0 bridgehead atoms. The molecule has 1 saturated heterocycles. The van der Waals surface area contributed by atoms with E-state index in [2.05, 4.69) is 48.8 Å². The fourth-order valence-corrected chi connectivity index (χ4v) is 6.41. The number of ether oxygens (including phenoxy) is 4. The second-order valence-electron chi connectivity index (χ2n) is 11.7. The Morgan fingerprint density at radius 1 is 1.02 bits per heavy atom. The topological polar surface area (TPSA) is 74.2 Å². The van der Waals surface area contributed by atoms with Crippen LogP contribution in [0.3, 0.4) is 0 Å². The van der Waals surface area contributed by atoms with Crippen LogP contribution in [0.25, 0.3) is 0 Å². The van der Waals surface area contributed by atoms with Gasteiger partial charge in [0.15, 0.2) is 0 Å². The van der Waals surface area contributed by atoms with Gasteiger partial charge in [0.1, 0.15) is 4.32 Å². The number of carbonyl (C=O) groups is 1. The molecule has 0 spiro atoms. The summed E-state index contributed by atoms with van der Waals surface area (Å²) in [6.07, 6.45) is 0.631. The summed E-state index contributed by atoms with van der Waals surface area (Å²) in [7, 11) is 1.33. The van der Waals surface area contributed by atoms with Crippen LogP contribution in [0, 0.1) is 23.7 Å². The van der Waals surface area contributed by atoms with Gasteiger partial charge in [-0.2, -0.15) is 0 Å². The predicted molar refractivity (Wildman–Crippen MR) is 161 cm³/mol. The molecule has 1 N–H and O–H groups in total. The maximum absolute atomic E-state index is 12.5. The Labute approximate surface area is 248 Å². The maximum atomic E-state index is 12.5. The average Bonchev–Trinajstić information content (AvgIpc) is 2.97. The lowest BCUT2D eigenvalue weighted by Gasteiger charge is -2.45. The summed E-state index contributed by atoms with van der Waals surface area (Å²) in [5.41, 5.74) is 2.21. The predicted octanol–water partition coefficient (Wildman–Crippen LogP) is 6.57. The van der Waals surface area contributed by atoms with Gasteiger partial charge in [-0.25, -0.2) is 0 Å². The highest BCUT2D eigenvalue weighted by Gasteiger charge is 2.47. The quantitative estimate of drug-likeness (QED) is 0.191. The molecule has 3 rings (SSSR count). The summed E-state index contributed by atoms with van der Waals surface area (Å²) in [4.78, 5) is 12.5. The van der Waals surface area contributed by atoms with Crippen molar-refractivity contribution in [2.75, 3.05) is 13.7 Å². The van der Waals surface area contributed by atoms with E-state index in [0.29, 0.717) is 25.7 Å². The highest BCUT2D eigenvalue weighted by atomic mass is 79.9. The van der Waals surface area contributed by atoms with Gasteiger partial charge in [-0.1, -0.05) is 104 Å². The Morgan fingerprint density at radius 3 is 2.17 bits per heavy atom. The van der Waals surface area contributed by atoms with Crippen molar-refractivity contribution in [3.63, 3.8) is 0 Å². The maximum Gasteiger partial charge on any atom is 0.325 e. The molecule has 2 aromatic rings. The highest BCUT2D eigenvalue weighted by Crippen LogP contribution is 2.39. The number of aliphatic hydroxyl groups excluding tert-OH is 1. The van der Waals surface area contributed by atoms with Crippen molar-refractivity contribution in [3.8, 4) is 0 Å². The third-order valence-corrected chi connectivity index (χ3v) is 9.20. The molecule has 0 aromatic heterocycles. The number of carbonyl (C=O) groups excluding carboxylic acids is 1. The SMILES string of the molecule is COC(=O)C(C)(Br)[C@@H](O)[C@H](C)[C@H](OCc1ccccc1)[C@H](C)[C@H]1O[C@H]([C@H](C)COCc2ccccc2)CC[C@@H]1C. The van der Waals surface area contributed by atoms with Crippen molar-refractivity contribution in [1.82, 2.24) is 0 Å². The van der Waals surface area contributed by atoms with Crippen LogP contribution in [0.15, 0.2) is 60.7 Å². The zero-order chi connectivity index (χ0) is 29.3. The third kappa shape index (κ3) is 8.62. The summed E-state index contributed by atoms with van der Waals surface area (Å²) in [6.45, 7) is 11.8. The standard InChI is InChI=1S/C33H47BrO6/c1-22-17-18-28(23(2)19-38-20-26-13-9-7-10-14-26)40-29(22)24(3)30(39-21-27-15-11-8-12-16-27)25(4)31(35)33(5,34)32(36)37-6/h7-16,22-25,28-31,35H,17-21H2,1-6H3/t22-,23+,24+,25+,28-,29-,30+,31-,33?/m0/s1.